The monoisotopic (exact) mass is 385 g/mol. The fraction of sp³-hybridized carbons (Fsp3) is 0.429. The van der Waals surface area contributed by atoms with Crippen molar-refractivity contribution in [1.82, 2.24) is 4.90 Å². The zero-order valence-electron chi connectivity index (χ0n) is 15.8. The molecule has 2 aromatic rings. The quantitative estimate of drug-likeness (QED) is 0.859. The number of nitrogens with zero attached hydrogens (tertiary/aromatic N) is 2. The smallest absolute Gasteiger partial charge is 0.261 e. The predicted octanol–water partition coefficient (Wildman–Crippen LogP) is 3.12. The van der Waals surface area contributed by atoms with E-state index in [-0.39, 0.29) is 0 Å². The summed E-state index contributed by atoms with van der Waals surface area (Å²) in [6, 6.07) is 13.2. The lowest BCUT2D eigenvalue weighted by atomic mass is 10.1. The molecule has 4 rings (SSSR count). The third-order valence-electron chi connectivity index (χ3n) is 5.68. The first-order chi connectivity index (χ1) is 13.0. The number of anilines is 2. The van der Waals surface area contributed by atoms with Crippen molar-refractivity contribution in [1.29, 1.82) is 0 Å². The van der Waals surface area contributed by atoms with Crippen LogP contribution in [-0.4, -0.2) is 46.0 Å². The van der Waals surface area contributed by atoms with Gasteiger partial charge in [0.05, 0.1) is 4.90 Å². The van der Waals surface area contributed by atoms with Crippen molar-refractivity contribution in [2.75, 3.05) is 42.3 Å². The molecule has 0 radical (unpaired) electrons. The van der Waals surface area contributed by atoms with Gasteiger partial charge in [-0.1, -0.05) is 13.0 Å². The van der Waals surface area contributed by atoms with E-state index in [4.69, 9.17) is 0 Å². The minimum atomic E-state index is -3.55. The van der Waals surface area contributed by atoms with Gasteiger partial charge < -0.3 is 9.80 Å². The Morgan fingerprint density at radius 1 is 0.926 bits per heavy atom. The lowest BCUT2D eigenvalue weighted by Gasteiger charge is -2.35. The van der Waals surface area contributed by atoms with Crippen molar-refractivity contribution < 1.29 is 8.42 Å². The second-order valence-corrected chi connectivity index (χ2v) is 9.04. The third-order valence-corrected chi connectivity index (χ3v) is 7.06. The van der Waals surface area contributed by atoms with E-state index in [9.17, 15) is 8.42 Å². The number of likely N-dealkylation sites (N-methyl/N-ethyl adjacent to an activating group) is 1. The standard InChI is InChI=1S/C21H27N3O2S/c1-2-23-12-14-24(15-13-23)20-9-7-19(8-10-20)22-27(25,26)21-11-6-17-4-3-5-18(17)16-21/h6-11,16,22H,2-5,12-15H2,1H3. The third kappa shape index (κ3) is 3.96. The first-order valence-corrected chi connectivity index (χ1v) is 11.3. The Morgan fingerprint density at radius 3 is 2.33 bits per heavy atom. The zero-order chi connectivity index (χ0) is 18.9. The fourth-order valence-electron chi connectivity index (χ4n) is 3.99. The van der Waals surface area contributed by atoms with Crippen LogP contribution in [0.2, 0.25) is 0 Å². The van der Waals surface area contributed by atoms with Gasteiger partial charge in [0, 0.05) is 37.6 Å². The maximum atomic E-state index is 12.7. The van der Waals surface area contributed by atoms with E-state index in [1.54, 1.807) is 6.07 Å². The van der Waals surface area contributed by atoms with Crippen molar-refractivity contribution in [2.24, 2.45) is 0 Å². The van der Waals surface area contributed by atoms with Crippen LogP contribution < -0.4 is 9.62 Å². The molecule has 1 N–H and O–H groups in total. The van der Waals surface area contributed by atoms with Crippen LogP contribution in [0.25, 0.3) is 0 Å². The summed E-state index contributed by atoms with van der Waals surface area (Å²) in [5.74, 6) is 0. The number of benzene rings is 2. The molecule has 0 amide bonds. The number of fused-ring (bicyclic) bond motifs is 1. The molecule has 0 bridgehead atoms. The van der Waals surface area contributed by atoms with Gasteiger partial charge in [-0.3, -0.25) is 4.72 Å². The Bertz CT molecular complexity index is 902. The van der Waals surface area contributed by atoms with E-state index in [1.807, 2.05) is 36.4 Å². The second kappa shape index (κ2) is 7.52. The molecule has 1 aliphatic heterocycles. The number of nitrogens with one attached hydrogen (secondary N) is 1. The maximum absolute atomic E-state index is 12.7. The van der Waals surface area contributed by atoms with E-state index < -0.39 is 10.0 Å². The van der Waals surface area contributed by atoms with Crippen LogP contribution in [0.3, 0.4) is 0 Å². The van der Waals surface area contributed by atoms with Gasteiger partial charge in [0.1, 0.15) is 0 Å². The van der Waals surface area contributed by atoms with E-state index in [1.165, 1.54) is 11.1 Å². The molecule has 0 spiro atoms. The number of sulfonamides is 1. The molecule has 1 aliphatic carbocycles. The molecule has 27 heavy (non-hydrogen) atoms. The molecule has 1 saturated heterocycles. The molecule has 0 unspecified atom stereocenters. The molecule has 144 valence electrons. The minimum absolute atomic E-state index is 0.350. The summed E-state index contributed by atoms with van der Waals surface area (Å²) in [7, 11) is -3.55. The molecule has 1 heterocycles. The van der Waals surface area contributed by atoms with Gasteiger partial charge in [-0.15, -0.1) is 0 Å². The normalized spacial score (nSPS) is 17.7. The number of aryl methyl sites for hydroxylation is 2. The first-order valence-electron chi connectivity index (χ1n) is 9.77. The predicted molar refractivity (Wildman–Crippen MR) is 110 cm³/mol. The Kier molecular flexibility index (Phi) is 5.10. The summed E-state index contributed by atoms with van der Waals surface area (Å²) in [5.41, 5.74) is 4.19. The van der Waals surface area contributed by atoms with E-state index in [0.29, 0.717) is 10.6 Å². The molecule has 2 aromatic carbocycles. The molecule has 2 aliphatic rings. The minimum Gasteiger partial charge on any atom is -0.369 e. The number of rotatable bonds is 5. The summed E-state index contributed by atoms with van der Waals surface area (Å²) in [6.07, 6.45) is 3.13. The van der Waals surface area contributed by atoms with Gasteiger partial charge in [-0.25, -0.2) is 8.42 Å². The highest BCUT2D eigenvalue weighted by atomic mass is 32.2. The summed E-state index contributed by atoms with van der Waals surface area (Å²) >= 11 is 0. The van der Waals surface area contributed by atoms with Crippen molar-refractivity contribution in [2.45, 2.75) is 31.1 Å². The topological polar surface area (TPSA) is 52.6 Å². The number of piperazine rings is 1. The van der Waals surface area contributed by atoms with Crippen molar-refractivity contribution in [3.8, 4) is 0 Å². The molecule has 0 saturated carbocycles. The Balaban J connectivity index is 1.45. The first kappa shape index (κ1) is 18.3. The largest absolute Gasteiger partial charge is 0.369 e. The molecule has 0 aromatic heterocycles. The summed E-state index contributed by atoms with van der Waals surface area (Å²) in [6.45, 7) is 7.45. The Morgan fingerprint density at radius 2 is 1.63 bits per heavy atom. The second-order valence-electron chi connectivity index (χ2n) is 7.36. The van der Waals surface area contributed by atoms with Gasteiger partial charge in [0.2, 0.25) is 0 Å². The zero-order valence-corrected chi connectivity index (χ0v) is 16.6. The molecule has 0 atom stereocenters. The van der Waals surface area contributed by atoms with Crippen molar-refractivity contribution in [3.05, 3.63) is 53.6 Å². The highest BCUT2D eigenvalue weighted by molar-refractivity contribution is 7.92. The van der Waals surface area contributed by atoms with E-state index in [0.717, 1.165) is 57.7 Å². The summed E-state index contributed by atoms with van der Waals surface area (Å²) < 4.78 is 28.2. The molecular weight excluding hydrogens is 358 g/mol. The molecule has 5 nitrogen and oxygen atoms in total. The van der Waals surface area contributed by atoms with E-state index >= 15 is 0 Å². The number of hydrogen-bond acceptors (Lipinski definition) is 4. The SMILES string of the molecule is CCN1CCN(c2ccc(NS(=O)(=O)c3ccc4c(c3)CCC4)cc2)CC1. The maximum Gasteiger partial charge on any atom is 0.261 e. The lowest BCUT2D eigenvalue weighted by Crippen LogP contribution is -2.46. The fourth-order valence-corrected chi connectivity index (χ4v) is 5.10. The average molecular weight is 386 g/mol. The Labute approximate surface area is 162 Å². The number of hydrogen-bond donors (Lipinski definition) is 1. The lowest BCUT2D eigenvalue weighted by molar-refractivity contribution is 0.271. The van der Waals surface area contributed by atoms with Crippen LogP contribution in [0.15, 0.2) is 47.4 Å². The van der Waals surface area contributed by atoms with Gasteiger partial charge in [0.15, 0.2) is 0 Å². The van der Waals surface area contributed by atoms with Gasteiger partial charge in [-0.2, -0.15) is 0 Å². The van der Waals surface area contributed by atoms with Gasteiger partial charge >= 0.3 is 0 Å². The van der Waals surface area contributed by atoms with Gasteiger partial charge in [-0.05, 0) is 73.3 Å². The highest BCUT2D eigenvalue weighted by Crippen LogP contribution is 2.26. The van der Waals surface area contributed by atoms with Crippen LogP contribution in [0.1, 0.15) is 24.5 Å². The van der Waals surface area contributed by atoms with Crippen LogP contribution in [0, 0.1) is 0 Å². The van der Waals surface area contributed by atoms with Crippen molar-refractivity contribution >= 4 is 21.4 Å². The molecule has 6 heteroatoms. The van der Waals surface area contributed by atoms with Gasteiger partial charge in [0.25, 0.3) is 10.0 Å². The van der Waals surface area contributed by atoms with Crippen molar-refractivity contribution in [3.63, 3.8) is 0 Å². The summed E-state index contributed by atoms with van der Waals surface area (Å²) in [4.78, 5) is 5.14. The molecule has 1 fully saturated rings. The molecular formula is C21H27N3O2S. The average Bonchev–Trinajstić information content (AvgIpc) is 3.16. The van der Waals surface area contributed by atoms with E-state index in [2.05, 4.69) is 21.4 Å². The van der Waals surface area contributed by atoms with Crippen LogP contribution in [-0.2, 0) is 22.9 Å². The highest BCUT2D eigenvalue weighted by Gasteiger charge is 2.19. The van der Waals surface area contributed by atoms with Crippen LogP contribution >= 0.6 is 0 Å². The van der Waals surface area contributed by atoms with Crippen LogP contribution in [0.4, 0.5) is 11.4 Å². The van der Waals surface area contributed by atoms with Crippen LogP contribution in [0.5, 0.6) is 0 Å². The Hall–Kier alpha value is -2.05. The summed E-state index contributed by atoms with van der Waals surface area (Å²) in [5, 5.41) is 0.